The average Bonchev–Trinajstić information content (AvgIpc) is 2.72. The van der Waals surface area contributed by atoms with Crippen molar-refractivity contribution >= 4 is 5.96 Å². The molecule has 1 saturated heterocycles. The van der Waals surface area contributed by atoms with Crippen LogP contribution in [0.5, 0.6) is 0 Å². The fraction of sp³-hybridized carbons (Fsp3) is 0.923. The molecule has 3 unspecified atom stereocenters. The molecule has 0 aromatic heterocycles. The van der Waals surface area contributed by atoms with Gasteiger partial charge >= 0.3 is 0 Å². The van der Waals surface area contributed by atoms with E-state index in [2.05, 4.69) is 16.8 Å². The molecular formula is C13H25N3O. The predicted molar refractivity (Wildman–Crippen MR) is 69.8 cm³/mol. The lowest BCUT2D eigenvalue weighted by Gasteiger charge is -2.31. The summed E-state index contributed by atoms with van der Waals surface area (Å²) >= 11 is 0. The second-order valence-corrected chi connectivity index (χ2v) is 5.65. The number of piperidine rings is 1. The van der Waals surface area contributed by atoms with Gasteiger partial charge in [0.25, 0.3) is 0 Å². The summed E-state index contributed by atoms with van der Waals surface area (Å²) in [5.74, 6) is 1.72. The molecule has 2 fully saturated rings. The maximum absolute atomic E-state index is 9.73. The lowest BCUT2D eigenvalue weighted by Crippen LogP contribution is -2.43. The maximum Gasteiger partial charge on any atom is 0.191 e. The highest BCUT2D eigenvalue weighted by Crippen LogP contribution is 2.25. The second-order valence-electron chi connectivity index (χ2n) is 5.65. The Balaban J connectivity index is 1.83. The number of likely N-dealkylation sites (tertiary alicyclic amines) is 1. The topological polar surface area (TPSA) is 61.8 Å². The Hall–Kier alpha value is -0.770. The number of hydrogen-bond donors (Lipinski definition) is 2. The van der Waals surface area contributed by atoms with Crippen LogP contribution in [0, 0.1) is 11.8 Å². The third kappa shape index (κ3) is 3.35. The molecule has 4 heteroatoms. The molecule has 1 aliphatic carbocycles. The molecule has 0 amide bonds. The Morgan fingerprint density at radius 3 is 2.82 bits per heavy atom. The summed E-state index contributed by atoms with van der Waals surface area (Å²) in [5.41, 5.74) is 6.03. The van der Waals surface area contributed by atoms with Gasteiger partial charge in [0.1, 0.15) is 0 Å². The summed E-state index contributed by atoms with van der Waals surface area (Å²) in [6.07, 6.45) is 5.50. The minimum atomic E-state index is -0.160. The SMILES string of the molecule is CC1CCCN(C(N)=NCC2CCCC2O)C1. The Kier molecular flexibility index (Phi) is 4.26. The number of aliphatic hydroxyl groups excluding tert-OH is 1. The van der Waals surface area contributed by atoms with Gasteiger partial charge < -0.3 is 15.7 Å². The molecule has 1 saturated carbocycles. The second kappa shape index (κ2) is 5.71. The lowest BCUT2D eigenvalue weighted by molar-refractivity contribution is 0.136. The molecule has 0 aromatic carbocycles. The summed E-state index contributed by atoms with van der Waals surface area (Å²) in [7, 11) is 0. The first-order valence-electron chi connectivity index (χ1n) is 6.89. The zero-order valence-electron chi connectivity index (χ0n) is 10.8. The first-order valence-corrected chi connectivity index (χ1v) is 6.89. The minimum absolute atomic E-state index is 0.160. The van der Waals surface area contributed by atoms with Crippen LogP contribution in [-0.4, -0.2) is 41.7 Å². The van der Waals surface area contributed by atoms with Gasteiger partial charge in [-0.05, 0) is 31.6 Å². The van der Waals surface area contributed by atoms with Crippen LogP contribution in [0.3, 0.4) is 0 Å². The van der Waals surface area contributed by atoms with Crippen molar-refractivity contribution in [1.82, 2.24) is 4.90 Å². The van der Waals surface area contributed by atoms with E-state index in [1.165, 1.54) is 12.8 Å². The lowest BCUT2D eigenvalue weighted by atomic mass is 10.0. The van der Waals surface area contributed by atoms with Crippen molar-refractivity contribution in [3.8, 4) is 0 Å². The van der Waals surface area contributed by atoms with Gasteiger partial charge in [0.2, 0.25) is 0 Å². The van der Waals surface area contributed by atoms with Crippen LogP contribution in [0.15, 0.2) is 4.99 Å². The van der Waals surface area contributed by atoms with Gasteiger partial charge in [-0.25, -0.2) is 0 Å². The molecule has 4 nitrogen and oxygen atoms in total. The van der Waals surface area contributed by atoms with Crippen molar-refractivity contribution in [1.29, 1.82) is 0 Å². The van der Waals surface area contributed by atoms with Gasteiger partial charge in [-0.2, -0.15) is 0 Å². The molecule has 3 N–H and O–H groups in total. The summed E-state index contributed by atoms with van der Waals surface area (Å²) in [4.78, 5) is 6.67. The van der Waals surface area contributed by atoms with E-state index in [-0.39, 0.29) is 6.10 Å². The van der Waals surface area contributed by atoms with Crippen molar-refractivity contribution < 1.29 is 5.11 Å². The number of nitrogens with two attached hydrogens (primary N) is 1. The van der Waals surface area contributed by atoms with Crippen LogP contribution in [0.1, 0.15) is 39.0 Å². The fourth-order valence-corrected chi connectivity index (χ4v) is 2.94. The van der Waals surface area contributed by atoms with E-state index >= 15 is 0 Å². The van der Waals surface area contributed by atoms with Crippen LogP contribution in [0.2, 0.25) is 0 Å². The maximum atomic E-state index is 9.73. The normalized spacial score (nSPS) is 35.3. The number of aliphatic imine (C=N–C) groups is 1. The Labute approximate surface area is 104 Å². The van der Waals surface area contributed by atoms with E-state index in [0.717, 1.165) is 38.3 Å². The van der Waals surface area contributed by atoms with Crippen molar-refractivity contribution in [2.45, 2.75) is 45.1 Å². The summed E-state index contributed by atoms with van der Waals surface area (Å²) in [6.45, 7) is 5.02. The monoisotopic (exact) mass is 239 g/mol. The first-order chi connectivity index (χ1) is 8.16. The van der Waals surface area contributed by atoms with E-state index in [1.54, 1.807) is 0 Å². The fourth-order valence-electron chi connectivity index (χ4n) is 2.94. The zero-order chi connectivity index (χ0) is 12.3. The third-order valence-corrected chi connectivity index (χ3v) is 4.09. The molecule has 0 bridgehead atoms. The van der Waals surface area contributed by atoms with E-state index in [0.29, 0.717) is 18.4 Å². The van der Waals surface area contributed by atoms with Crippen LogP contribution in [0.4, 0.5) is 0 Å². The molecule has 1 heterocycles. The molecular weight excluding hydrogens is 214 g/mol. The van der Waals surface area contributed by atoms with Crippen molar-refractivity contribution in [3.05, 3.63) is 0 Å². The highest BCUT2D eigenvalue weighted by atomic mass is 16.3. The van der Waals surface area contributed by atoms with E-state index in [9.17, 15) is 5.11 Å². The van der Waals surface area contributed by atoms with E-state index in [4.69, 9.17) is 5.73 Å². The number of hydrogen-bond acceptors (Lipinski definition) is 2. The highest BCUT2D eigenvalue weighted by Gasteiger charge is 2.25. The van der Waals surface area contributed by atoms with Gasteiger partial charge in [0, 0.05) is 25.6 Å². The van der Waals surface area contributed by atoms with Crippen molar-refractivity contribution in [3.63, 3.8) is 0 Å². The van der Waals surface area contributed by atoms with Crippen molar-refractivity contribution in [2.24, 2.45) is 22.6 Å². The molecule has 0 spiro atoms. The quantitative estimate of drug-likeness (QED) is 0.562. The van der Waals surface area contributed by atoms with Gasteiger partial charge in [0.05, 0.1) is 6.10 Å². The van der Waals surface area contributed by atoms with Crippen LogP contribution >= 0.6 is 0 Å². The molecule has 17 heavy (non-hydrogen) atoms. The largest absolute Gasteiger partial charge is 0.393 e. The first kappa shape index (κ1) is 12.7. The van der Waals surface area contributed by atoms with Crippen LogP contribution in [-0.2, 0) is 0 Å². The smallest absolute Gasteiger partial charge is 0.191 e. The molecule has 1 aliphatic heterocycles. The number of nitrogens with zero attached hydrogens (tertiary/aromatic N) is 2. The molecule has 0 radical (unpaired) electrons. The van der Waals surface area contributed by atoms with Gasteiger partial charge in [0.15, 0.2) is 5.96 Å². The summed E-state index contributed by atoms with van der Waals surface area (Å²) < 4.78 is 0. The van der Waals surface area contributed by atoms with Crippen LogP contribution < -0.4 is 5.73 Å². The standard InChI is InChI=1S/C13H25N3O/c1-10-4-3-7-16(9-10)13(14)15-8-11-5-2-6-12(11)17/h10-12,17H,2-9H2,1H3,(H2,14,15). The molecule has 0 aromatic rings. The third-order valence-electron chi connectivity index (χ3n) is 4.09. The van der Waals surface area contributed by atoms with Gasteiger partial charge in [-0.1, -0.05) is 13.3 Å². The summed E-state index contributed by atoms with van der Waals surface area (Å²) in [5, 5.41) is 9.73. The molecule has 3 atom stereocenters. The van der Waals surface area contributed by atoms with Gasteiger partial charge in [-0.15, -0.1) is 0 Å². The highest BCUT2D eigenvalue weighted by molar-refractivity contribution is 5.78. The molecule has 2 aliphatic rings. The van der Waals surface area contributed by atoms with Crippen molar-refractivity contribution in [2.75, 3.05) is 19.6 Å². The zero-order valence-corrected chi connectivity index (χ0v) is 10.8. The average molecular weight is 239 g/mol. The van der Waals surface area contributed by atoms with Gasteiger partial charge in [-0.3, -0.25) is 4.99 Å². The minimum Gasteiger partial charge on any atom is -0.393 e. The Bertz CT molecular complexity index is 280. The van der Waals surface area contributed by atoms with E-state index in [1.807, 2.05) is 0 Å². The molecule has 2 rings (SSSR count). The number of aliphatic hydroxyl groups is 1. The van der Waals surface area contributed by atoms with Crippen LogP contribution in [0.25, 0.3) is 0 Å². The Morgan fingerprint density at radius 2 is 2.18 bits per heavy atom. The van der Waals surface area contributed by atoms with E-state index < -0.39 is 0 Å². The predicted octanol–water partition coefficient (Wildman–Crippen LogP) is 1.19. The molecule has 98 valence electrons. The number of guanidine groups is 1. The Morgan fingerprint density at radius 1 is 1.35 bits per heavy atom. The summed E-state index contributed by atoms with van der Waals surface area (Å²) in [6, 6.07) is 0. The number of rotatable bonds is 2.